The molecule has 1 aliphatic rings. The van der Waals surface area contributed by atoms with E-state index >= 15 is 0 Å². The second-order valence-corrected chi connectivity index (χ2v) is 7.94. The number of benzene rings is 2. The average molecular weight is 450 g/mol. The summed E-state index contributed by atoms with van der Waals surface area (Å²) in [7, 11) is 1.54. The monoisotopic (exact) mass is 450 g/mol. The molecule has 0 aliphatic carbocycles. The van der Waals surface area contributed by atoms with Crippen molar-refractivity contribution in [3.05, 3.63) is 94.4 Å². The van der Waals surface area contributed by atoms with Gasteiger partial charge in [-0.2, -0.15) is 0 Å². The molecule has 2 heterocycles. The molecule has 1 aromatic heterocycles. The Bertz CT molecular complexity index is 1170. The van der Waals surface area contributed by atoms with Gasteiger partial charge in [0.05, 0.1) is 18.6 Å². The van der Waals surface area contributed by atoms with Gasteiger partial charge in [-0.1, -0.05) is 18.2 Å². The van der Waals surface area contributed by atoms with Gasteiger partial charge in [0.25, 0.3) is 11.1 Å². The van der Waals surface area contributed by atoms with E-state index in [1.54, 1.807) is 48.8 Å². The molecule has 8 heteroatoms. The molecule has 2 aromatic carbocycles. The normalized spacial score (nSPS) is 14.8. The van der Waals surface area contributed by atoms with Gasteiger partial charge in [-0.05, 0) is 70.9 Å². The van der Waals surface area contributed by atoms with Gasteiger partial charge in [0.1, 0.15) is 12.4 Å². The van der Waals surface area contributed by atoms with Crippen LogP contribution in [0.25, 0.3) is 6.08 Å². The molecule has 0 radical (unpaired) electrons. The number of aromatic nitrogens is 1. The fraction of sp³-hybridized carbons (Fsp3) is 0.125. The summed E-state index contributed by atoms with van der Waals surface area (Å²) in [5, 5.41) is -0.366. The number of pyridine rings is 1. The Morgan fingerprint density at radius 3 is 2.47 bits per heavy atom. The number of hydrogen-bond acceptors (Lipinski definition) is 6. The van der Waals surface area contributed by atoms with Crippen LogP contribution in [0.5, 0.6) is 11.5 Å². The van der Waals surface area contributed by atoms with Crippen molar-refractivity contribution in [1.29, 1.82) is 0 Å². The molecule has 162 valence electrons. The number of nitrogens with zero attached hydrogens (tertiary/aromatic N) is 2. The molecule has 0 unspecified atom stereocenters. The smallest absolute Gasteiger partial charge is 0.293 e. The van der Waals surface area contributed by atoms with Gasteiger partial charge in [-0.3, -0.25) is 19.5 Å². The lowest BCUT2D eigenvalue weighted by atomic mass is 10.1. The van der Waals surface area contributed by atoms with Crippen LogP contribution in [0.3, 0.4) is 0 Å². The Hall–Kier alpha value is -3.65. The van der Waals surface area contributed by atoms with Gasteiger partial charge in [0.2, 0.25) is 0 Å². The Balaban J connectivity index is 1.48. The summed E-state index contributed by atoms with van der Waals surface area (Å²) in [6.07, 6.45) is 5.04. The number of amides is 2. The van der Waals surface area contributed by atoms with Crippen molar-refractivity contribution >= 4 is 29.0 Å². The van der Waals surface area contributed by atoms with Crippen molar-refractivity contribution in [3.63, 3.8) is 0 Å². The first kappa shape index (κ1) is 21.6. The second kappa shape index (κ2) is 9.65. The summed E-state index contributed by atoms with van der Waals surface area (Å²) in [6.45, 7) is 0.452. The number of carbonyl (C=O) groups excluding carboxylic acids is 2. The van der Waals surface area contributed by atoms with Gasteiger partial charge in [0, 0.05) is 12.4 Å². The predicted octanol–water partition coefficient (Wildman–Crippen LogP) is 5.04. The molecule has 0 atom stereocenters. The molecule has 0 saturated carbocycles. The zero-order chi connectivity index (χ0) is 22.5. The number of methoxy groups -OCH3 is 1. The highest BCUT2D eigenvalue weighted by Crippen LogP contribution is 2.35. The standard InChI is InChI=1S/C24H19FN2O4S/c1-30-21-12-18(4-7-20(21)31-15-17-8-10-26-11-9-17)13-22-23(28)27(24(29)32-22)14-16-2-5-19(25)6-3-16/h2-13H,14-15H2,1H3/b22-13-. The van der Waals surface area contributed by atoms with E-state index in [9.17, 15) is 14.0 Å². The molecule has 6 nitrogen and oxygen atoms in total. The van der Waals surface area contributed by atoms with E-state index in [1.807, 2.05) is 12.1 Å². The first-order chi connectivity index (χ1) is 15.5. The second-order valence-electron chi connectivity index (χ2n) is 6.95. The van der Waals surface area contributed by atoms with Gasteiger partial charge < -0.3 is 9.47 Å². The van der Waals surface area contributed by atoms with E-state index in [4.69, 9.17) is 9.47 Å². The number of rotatable bonds is 7. The number of carbonyl (C=O) groups is 2. The van der Waals surface area contributed by atoms with Crippen LogP contribution >= 0.6 is 11.8 Å². The molecule has 1 aliphatic heterocycles. The van der Waals surface area contributed by atoms with Crippen molar-refractivity contribution in [2.24, 2.45) is 0 Å². The SMILES string of the molecule is COc1cc(/C=C2\SC(=O)N(Cc3ccc(F)cc3)C2=O)ccc1OCc1ccncc1. The van der Waals surface area contributed by atoms with Crippen LogP contribution in [0.4, 0.5) is 9.18 Å². The molecular formula is C24H19FN2O4S. The van der Waals surface area contributed by atoms with Crippen LogP contribution in [-0.4, -0.2) is 28.1 Å². The van der Waals surface area contributed by atoms with Gasteiger partial charge in [-0.25, -0.2) is 4.39 Å². The van der Waals surface area contributed by atoms with E-state index in [0.29, 0.717) is 34.1 Å². The number of halogens is 1. The third-order valence-electron chi connectivity index (χ3n) is 4.76. The highest BCUT2D eigenvalue weighted by Gasteiger charge is 2.35. The zero-order valence-electron chi connectivity index (χ0n) is 17.2. The highest BCUT2D eigenvalue weighted by atomic mass is 32.2. The largest absolute Gasteiger partial charge is 0.493 e. The maximum Gasteiger partial charge on any atom is 0.293 e. The van der Waals surface area contributed by atoms with E-state index in [0.717, 1.165) is 22.2 Å². The summed E-state index contributed by atoms with van der Waals surface area (Å²) >= 11 is 0.871. The van der Waals surface area contributed by atoms with Crippen LogP contribution in [0.15, 0.2) is 71.9 Å². The Kier molecular flexibility index (Phi) is 6.51. The van der Waals surface area contributed by atoms with Crippen molar-refractivity contribution < 1.29 is 23.5 Å². The number of thioether (sulfide) groups is 1. The molecule has 3 aromatic rings. The first-order valence-electron chi connectivity index (χ1n) is 9.73. The summed E-state index contributed by atoms with van der Waals surface area (Å²) in [4.78, 5) is 30.5. The number of ether oxygens (including phenoxy) is 2. The summed E-state index contributed by atoms with van der Waals surface area (Å²) in [5.74, 6) is 0.315. The molecule has 0 bridgehead atoms. The average Bonchev–Trinajstić information content (AvgIpc) is 3.07. The van der Waals surface area contributed by atoms with Gasteiger partial charge >= 0.3 is 0 Å². The number of imide groups is 1. The van der Waals surface area contributed by atoms with Crippen LogP contribution in [0.1, 0.15) is 16.7 Å². The molecule has 0 spiro atoms. The minimum absolute atomic E-state index is 0.0907. The van der Waals surface area contributed by atoms with Crippen molar-refractivity contribution in [2.45, 2.75) is 13.2 Å². The maximum absolute atomic E-state index is 13.1. The Morgan fingerprint density at radius 1 is 1.00 bits per heavy atom. The first-order valence-corrected chi connectivity index (χ1v) is 10.5. The Labute approximate surface area is 188 Å². The van der Waals surface area contributed by atoms with Crippen molar-refractivity contribution in [1.82, 2.24) is 9.88 Å². The molecule has 0 N–H and O–H groups in total. The lowest BCUT2D eigenvalue weighted by Gasteiger charge is -2.12. The van der Waals surface area contributed by atoms with Crippen molar-refractivity contribution in [3.8, 4) is 11.5 Å². The quantitative estimate of drug-likeness (QED) is 0.470. The van der Waals surface area contributed by atoms with Crippen LogP contribution in [0.2, 0.25) is 0 Å². The van der Waals surface area contributed by atoms with Gasteiger partial charge in [-0.15, -0.1) is 0 Å². The third kappa shape index (κ3) is 4.97. The van der Waals surface area contributed by atoms with E-state index in [2.05, 4.69) is 4.98 Å². The van der Waals surface area contributed by atoms with Crippen molar-refractivity contribution in [2.75, 3.05) is 7.11 Å². The van der Waals surface area contributed by atoms with E-state index < -0.39 is 0 Å². The third-order valence-corrected chi connectivity index (χ3v) is 5.66. The summed E-state index contributed by atoms with van der Waals surface area (Å²) in [6, 6.07) is 14.7. The van der Waals surface area contributed by atoms with Crippen LogP contribution in [-0.2, 0) is 17.9 Å². The maximum atomic E-state index is 13.1. The minimum Gasteiger partial charge on any atom is -0.493 e. The molecule has 2 amide bonds. The molecule has 4 rings (SSSR count). The lowest BCUT2D eigenvalue weighted by Crippen LogP contribution is -2.27. The topological polar surface area (TPSA) is 68.7 Å². The van der Waals surface area contributed by atoms with Crippen LogP contribution in [0, 0.1) is 5.82 Å². The highest BCUT2D eigenvalue weighted by molar-refractivity contribution is 8.18. The van der Waals surface area contributed by atoms with E-state index in [1.165, 1.54) is 19.2 Å². The molecule has 1 saturated heterocycles. The Morgan fingerprint density at radius 2 is 1.75 bits per heavy atom. The minimum atomic E-state index is -0.388. The van der Waals surface area contributed by atoms with Crippen LogP contribution < -0.4 is 9.47 Å². The fourth-order valence-corrected chi connectivity index (χ4v) is 3.93. The van der Waals surface area contributed by atoms with Gasteiger partial charge in [0.15, 0.2) is 11.5 Å². The summed E-state index contributed by atoms with van der Waals surface area (Å²) in [5.41, 5.74) is 2.35. The molecular weight excluding hydrogens is 431 g/mol. The lowest BCUT2D eigenvalue weighted by molar-refractivity contribution is -0.123. The fourth-order valence-electron chi connectivity index (χ4n) is 3.09. The summed E-state index contributed by atoms with van der Waals surface area (Å²) < 4.78 is 24.4. The zero-order valence-corrected chi connectivity index (χ0v) is 18.0. The number of hydrogen-bond donors (Lipinski definition) is 0. The predicted molar refractivity (Wildman–Crippen MR) is 119 cm³/mol. The molecule has 1 fully saturated rings. The van der Waals surface area contributed by atoms with E-state index in [-0.39, 0.29) is 23.5 Å². The molecule has 32 heavy (non-hydrogen) atoms.